The summed E-state index contributed by atoms with van der Waals surface area (Å²) >= 11 is 0. The van der Waals surface area contributed by atoms with Gasteiger partial charge in [-0.2, -0.15) is 18.4 Å². The van der Waals surface area contributed by atoms with Crippen molar-refractivity contribution in [2.45, 2.75) is 39.3 Å². The molecule has 1 saturated carbocycles. The SMILES string of the molecule is CC1(C)CCC(C#N)(Cc2ccc(C(F)(F)F)cc2)C1=O. The van der Waals surface area contributed by atoms with E-state index in [0.29, 0.717) is 18.4 Å². The molecule has 1 aromatic rings. The number of nitriles is 1. The van der Waals surface area contributed by atoms with Gasteiger partial charge in [0.05, 0.1) is 11.6 Å². The van der Waals surface area contributed by atoms with E-state index in [-0.39, 0.29) is 12.2 Å². The Balaban J connectivity index is 2.25. The Morgan fingerprint density at radius 1 is 1.19 bits per heavy atom. The Bertz CT molecular complexity index is 595. The van der Waals surface area contributed by atoms with Crippen LogP contribution in [0.4, 0.5) is 13.2 Å². The van der Waals surface area contributed by atoms with E-state index in [4.69, 9.17) is 0 Å². The molecule has 0 radical (unpaired) electrons. The first kappa shape index (κ1) is 15.6. The number of alkyl halides is 3. The molecule has 0 aliphatic heterocycles. The molecule has 5 heteroatoms. The Labute approximate surface area is 121 Å². The highest BCUT2D eigenvalue weighted by Gasteiger charge is 2.52. The van der Waals surface area contributed by atoms with Crippen molar-refractivity contribution in [1.29, 1.82) is 5.26 Å². The van der Waals surface area contributed by atoms with Crippen LogP contribution in [0, 0.1) is 22.2 Å². The number of ketones is 1. The van der Waals surface area contributed by atoms with Crippen LogP contribution in [0.25, 0.3) is 0 Å². The van der Waals surface area contributed by atoms with E-state index in [2.05, 4.69) is 6.07 Å². The first-order valence-electron chi connectivity index (χ1n) is 6.73. The van der Waals surface area contributed by atoms with E-state index in [9.17, 15) is 23.2 Å². The molecule has 2 nitrogen and oxygen atoms in total. The van der Waals surface area contributed by atoms with Crippen molar-refractivity contribution >= 4 is 5.78 Å². The van der Waals surface area contributed by atoms with Crippen LogP contribution in [-0.2, 0) is 17.4 Å². The molecule has 0 amide bonds. The molecule has 0 N–H and O–H groups in total. The monoisotopic (exact) mass is 295 g/mol. The topological polar surface area (TPSA) is 40.9 Å². The van der Waals surface area contributed by atoms with E-state index < -0.39 is 22.6 Å². The van der Waals surface area contributed by atoms with Crippen molar-refractivity contribution in [2.75, 3.05) is 0 Å². The molecule has 1 aliphatic rings. The number of rotatable bonds is 2. The number of nitrogens with zero attached hydrogens (tertiary/aromatic N) is 1. The predicted molar refractivity (Wildman–Crippen MR) is 71.2 cm³/mol. The predicted octanol–water partition coefficient (Wildman–Crippen LogP) is 4.15. The van der Waals surface area contributed by atoms with Crippen LogP contribution >= 0.6 is 0 Å². The van der Waals surface area contributed by atoms with Crippen LogP contribution in [0.15, 0.2) is 24.3 Å². The zero-order valence-electron chi connectivity index (χ0n) is 11.9. The quantitative estimate of drug-likeness (QED) is 0.822. The van der Waals surface area contributed by atoms with Crippen molar-refractivity contribution in [3.05, 3.63) is 35.4 Å². The molecule has 0 saturated heterocycles. The molecule has 0 bridgehead atoms. The van der Waals surface area contributed by atoms with Gasteiger partial charge in [-0.25, -0.2) is 0 Å². The zero-order chi connectivity index (χ0) is 15.9. The first-order valence-corrected chi connectivity index (χ1v) is 6.73. The van der Waals surface area contributed by atoms with E-state index >= 15 is 0 Å². The number of halogens is 3. The van der Waals surface area contributed by atoms with E-state index in [1.807, 2.05) is 0 Å². The summed E-state index contributed by atoms with van der Waals surface area (Å²) in [6, 6.07) is 6.78. The van der Waals surface area contributed by atoms with E-state index in [1.165, 1.54) is 12.1 Å². The Kier molecular flexibility index (Phi) is 3.61. The van der Waals surface area contributed by atoms with Crippen molar-refractivity contribution in [3.8, 4) is 6.07 Å². The van der Waals surface area contributed by atoms with Gasteiger partial charge in [0.25, 0.3) is 0 Å². The molecule has 0 spiro atoms. The molecular formula is C16H16F3NO. The highest BCUT2D eigenvalue weighted by molar-refractivity contribution is 5.94. The average Bonchev–Trinajstić information content (AvgIpc) is 2.63. The zero-order valence-corrected chi connectivity index (χ0v) is 11.9. The van der Waals surface area contributed by atoms with Crippen molar-refractivity contribution in [2.24, 2.45) is 10.8 Å². The second-order valence-electron chi connectivity index (χ2n) is 6.28. The average molecular weight is 295 g/mol. The number of benzene rings is 1. The molecule has 1 aliphatic carbocycles. The maximum Gasteiger partial charge on any atom is 0.416 e. The number of Topliss-reactive ketones (excluding diaryl/α,β-unsaturated/α-hetero) is 1. The minimum absolute atomic E-state index is 0.114. The molecule has 1 fully saturated rings. The van der Waals surface area contributed by atoms with Crippen LogP contribution in [0.3, 0.4) is 0 Å². The van der Waals surface area contributed by atoms with Gasteiger partial charge in [0, 0.05) is 5.41 Å². The van der Waals surface area contributed by atoms with E-state index in [1.54, 1.807) is 13.8 Å². The highest BCUT2D eigenvalue weighted by Crippen LogP contribution is 2.47. The standard InChI is InChI=1S/C16H16F3NO/c1-14(2)7-8-15(10-20,13(14)21)9-11-3-5-12(6-4-11)16(17,18)19/h3-6H,7-9H2,1-2H3. The van der Waals surface area contributed by atoms with Crippen LogP contribution in [0.2, 0.25) is 0 Å². The Hall–Kier alpha value is -1.83. The Morgan fingerprint density at radius 2 is 1.76 bits per heavy atom. The Morgan fingerprint density at radius 3 is 2.14 bits per heavy atom. The van der Waals surface area contributed by atoms with Gasteiger partial charge in [-0.05, 0) is 37.0 Å². The van der Waals surface area contributed by atoms with Gasteiger partial charge in [0.1, 0.15) is 5.41 Å². The normalized spacial score (nSPS) is 24.9. The summed E-state index contributed by atoms with van der Waals surface area (Å²) in [5.74, 6) is -0.114. The van der Waals surface area contributed by atoms with Gasteiger partial charge in [-0.3, -0.25) is 4.79 Å². The van der Waals surface area contributed by atoms with Crippen LogP contribution < -0.4 is 0 Å². The van der Waals surface area contributed by atoms with Gasteiger partial charge >= 0.3 is 6.18 Å². The third kappa shape index (κ3) is 2.80. The first-order chi connectivity index (χ1) is 9.61. The summed E-state index contributed by atoms with van der Waals surface area (Å²) in [4.78, 5) is 12.4. The van der Waals surface area contributed by atoms with Gasteiger partial charge in [0.2, 0.25) is 0 Å². The minimum Gasteiger partial charge on any atom is -0.297 e. The summed E-state index contributed by atoms with van der Waals surface area (Å²) in [6.45, 7) is 3.61. The maximum absolute atomic E-state index is 12.5. The van der Waals surface area contributed by atoms with Gasteiger partial charge in [-0.15, -0.1) is 0 Å². The smallest absolute Gasteiger partial charge is 0.297 e. The second kappa shape index (κ2) is 4.87. The molecule has 21 heavy (non-hydrogen) atoms. The number of hydrogen-bond donors (Lipinski definition) is 0. The van der Waals surface area contributed by atoms with Gasteiger partial charge < -0.3 is 0 Å². The third-order valence-electron chi connectivity index (χ3n) is 4.23. The lowest BCUT2D eigenvalue weighted by atomic mass is 9.77. The minimum atomic E-state index is -4.38. The highest BCUT2D eigenvalue weighted by atomic mass is 19.4. The van der Waals surface area contributed by atoms with Gasteiger partial charge in [-0.1, -0.05) is 26.0 Å². The number of carbonyl (C=O) groups is 1. The van der Waals surface area contributed by atoms with Crippen molar-refractivity contribution in [3.63, 3.8) is 0 Å². The molecule has 0 heterocycles. The van der Waals surface area contributed by atoms with Crippen molar-refractivity contribution < 1.29 is 18.0 Å². The van der Waals surface area contributed by atoms with Crippen molar-refractivity contribution in [1.82, 2.24) is 0 Å². The molecule has 0 aromatic heterocycles. The number of hydrogen-bond acceptors (Lipinski definition) is 2. The molecule has 2 rings (SSSR count). The summed E-state index contributed by atoms with van der Waals surface area (Å²) in [6.07, 6.45) is -3.13. The van der Waals surface area contributed by atoms with Crippen LogP contribution in [0.5, 0.6) is 0 Å². The lowest BCUT2D eigenvalue weighted by molar-refractivity contribution is -0.137. The lowest BCUT2D eigenvalue weighted by Crippen LogP contribution is -2.33. The lowest BCUT2D eigenvalue weighted by Gasteiger charge is -2.22. The molecular weight excluding hydrogens is 279 g/mol. The van der Waals surface area contributed by atoms with Gasteiger partial charge in [0.15, 0.2) is 5.78 Å². The molecule has 1 aromatic carbocycles. The molecule has 112 valence electrons. The fourth-order valence-corrected chi connectivity index (χ4v) is 2.88. The van der Waals surface area contributed by atoms with Crippen LogP contribution in [-0.4, -0.2) is 5.78 Å². The van der Waals surface area contributed by atoms with Crippen LogP contribution in [0.1, 0.15) is 37.8 Å². The fraction of sp³-hybridized carbons (Fsp3) is 0.500. The fourth-order valence-electron chi connectivity index (χ4n) is 2.88. The maximum atomic E-state index is 12.5. The summed E-state index contributed by atoms with van der Waals surface area (Å²) in [5, 5.41) is 9.41. The molecule has 1 unspecified atom stereocenters. The summed E-state index contributed by atoms with van der Waals surface area (Å²) in [7, 11) is 0. The molecule has 1 atom stereocenters. The summed E-state index contributed by atoms with van der Waals surface area (Å²) < 4.78 is 37.6. The second-order valence-corrected chi connectivity index (χ2v) is 6.28. The van der Waals surface area contributed by atoms with E-state index in [0.717, 1.165) is 12.1 Å². The largest absolute Gasteiger partial charge is 0.416 e. The number of carbonyl (C=O) groups excluding carboxylic acids is 1. The summed E-state index contributed by atoms with van der Waals surface area (Å²) in [5.41, 5.74) is -1.80. The third-order valence-corrected chi connectivity index (χ3v) is 4.23.